The highest BCUT2D eigenvalue weighted by molar-refractivity contribution is 7.99. The lowest BCUT2D eigenvalue weighted by atomic mass is 10.2. The van der Waals surface area contributed by atoms with Crippen molar-refractivity contribution in [2.45, 2.75) is 32.2 Å². The van der Waals surface area contributed by atoms with Gasteiger partial charge < -0.3 is 10.6 Å². The predicted molar refractivity (Wildman–Crippen MR) is 61.7 cm³/mol. The fraction of sp³-hybridized carbons (Fsp3) is 0.900. The Morgan fingerprint density at radius 2 is 2.43 bits per heavy atom. The molecule has 82 valence electrons. The van der Waals surface area contributed by atoms with Crippen LogP contribution >= 0.6 is 11.8 Å². The Balaban J connectivity index is 2.16. The zero-order chi connectivity index (χ0) is 10.2. The van der Waals surface area contributed by atoms with Gasteiger partial charge in [0.1, 0.15) is 0 Å². The van der Waals surface area contributed by atoms with Gasteiger partial charge in [-0.25, -0.2) is 0 Å². The number of hydrogen-bond donors (Lipinski definition) is 2. The fourth-order valence-electron chi connectivity index (χ4n) is 1.45. The first-order chi connectivity index (χ1) is 6.84. The van der Waals surface area contributed by atoms with Crippen molar-refractivity contribution in [2.24, 2.45) is 0 Å². The van der Waals surface area contributed by atoms with E-state index in [0.29, 0.717) is 0 Å². The Morgan fingerprint density at radius 1 is 1.57 bits per heavy atom. The molecule has 1 aliphatic rings. The van der Waals surface area contributed by atoms with Crippen molar-refractivity contribution in [2.75, 3.05) is 24.6 Å². The third-order valence-electron chi connectivity index (χ3n) is 2.32. The number of thioether (sulfide) groups is 1. The lowest BCUT2D eigenvalue weighted by molar-refractivity contribution is -0.122. The summed E-state index contributed by atoms with van der Waals surface area (Å²) in [6.07, 6.45) is 3.65. The third kappa shape index (κ3) is 4.33. The topological polar surface area (TPSA) is 41.1 Å². The van der Waals surface area contributed by atoms with E-state index in [4.69, 9.17) is 0 Å². The van der Waals surface area contributed by atoms with Crippen molar-refractivity contribution in [1.82, 2.24) is 10.6 Å². The second-order valence-corrected chi connectivity index (χ2v) is 4.73. The van der Waals surface area contributed by atoms with Crippen molar-refractivity contribution in [3.8, 4) is 0 Å². The molecule has 0 saturated carbocycles. The summed E-state index contributed by atoms with van der Waals surface area (Å²) in [5, 5.41) is 6.23. The Hall–Kier alpha value is -0.220. The molecule has 1 saturated heterocycles. The Labute approximate surface area is 90.4 Å². The maximum Gasteiger partial charge on any atom is 0.238 e. The molecule has 0 radical (unpaired) electrons. The molecule has 0 bridgehead atoms. The van der Waals surface area contributed by atoms with Crippen LogP contribution in [0.25, 0.3) is 0 Å². The number of rotatable bonds is 5. The molecular formula is C10H20N2OS. The summed E-state index contributed by atoms with van der Waals surface area (Å²) in [6, 6.07) is 0.0272. The molecular weight excluding hydrogens is 196 g/mol. The van der Waals surface area contributed by atoms with Crippen molar-refractivity contribution >= 4 is 17.7 Å². The van der Waals surface area contributed by atoms with Gasteiger partial charge in [-0.1, -0.05) is 19.8 Å². The molecule has 1 amide bonds. The summed E-state index contributed by atoms with van der Waals surface area (Å²) >= 11 is 1.85. The highest BCUT2D eigenvalue weighted by atomic mass is 32.2. The molecule has 2 N–H and O–H groups in total. The molecule has 1 rings (SSSR count). The highest BCUT2D eigenvalue weighted by Gasteiger charge is 2.19. The van der Waals surface area contributed by atoms with Gasteiger partial charge >= 0.3 is 0 Å². The van der Waals surface area contributed by atoms with Gasteiger partial charge in [-0.2, -0.15) is 11.8 Å². The average molecular weight is 216 g/mol. The molecule has 1 aliphatic heterocycles. The van der Waals surface area contributed by atoms with E-state index in [1.54, 1.807) is 0 Å². The Kier molecular flexibility index (Phi) is 6.03. The second kappa shape index (κ2) is 7.12. The van der Waals surface area contributed by atoms with E-state index in [0.717, 1.165) is 24.6 Å². The van der Waals surface area contributed by atoms with Gasteiger partial charge in [-0.05, 0) is 13.0 Å². The van der Waals surface area contributed by atoms with Crippen LogP contribution in [0, 0.1) is 0 Å². The largest absolute Gasteiger partial charge is 0.354 e. The molecule has 1 fully saturated rings. The predicted octanol–water partition coefficient (Wildman–Crippen LogP) is 0.998. The lowest BCUT2D eigenvalue weighted by Gasteiger charge is -2.14. The number of amides is 1. The molecule has 1 heterocycles. The summed E-state index contributed by atoms with van der Waals surface area (Å²) in [5.74, 6) is 2.13. The first-order valence-corrected chi connectivity index (χ1v) is 6.59. The quantitative estimate of drug-likeness (QED) is 0.674. The summed E-state index contributed by atoms with van der Waals surface area (Å²) in [4.78, 5) is 11.5. The van der Waals surface area contributed by atoms with Crippen LogP contribution in [0.15, 0.2) is 0 Å². The molecule has 0 aromatic heterocycles. The van der Waals surface area contributed by atoms with E-state index >= 15 is 0 Å². The number of carbonyl (C=O) groups is 1. The molecule has 1 atom stereocenters. The van der Waals surface area contributed by atoms with Gasteiger partial charge in [0.05, 0.1) is 6.04 Å². The number of nitrogens with one attached hydrogen (secondary N) is 2. The first kappa shape index (κ1) is 11.9. The molecule has 3 nitrogen and oxygen atoms in total. The Morgan fingerprint density at radius 3 is 3.21 bits per heavy atom. The van der Waals surface area contributed by atoms with Crippen molar-refractivity contribution in [3.05, 3.63) is 0 Å². The Bertz CT molecular complexity index is 176. The second-order valence-electron chi connectivity index (χ2n) is 3.58. The highest BCUT2D eigenvalue weighted by Crippen LogP contribution is 2.06. The smallest absolute Gasteiger partial charge is 0.238 e. The van der Waals surface area contributed by atoms with E-state index in [2.05, 4.69) is 17.6 Å². The van der Waals surface area contributed by atoms with Gasteiger partial charge in [0, 0.05) is 18.1 Å². The molecule has 0 spiro atoms. The average Bonchev–Trinajstić information content (AvgIpc) is 2.39. The summed E-state index contributed by atoms with van der Waals surface area (Å²) in [6.45, 7) is 3.97. The van der Waals surface area contributed by atoms with Crippen LogP contribution in [0.2, 0.25) is 0 Å². The molecule has 1 unspecified atom stereocenters. The van der Waals surface area contributed by atoms with Crippen LogP contribution in [-0.2, 0) is 4.79 Å². The zero-order valence-electron chi connectivity index (χ0n) is 8.84. The monoisotopic (exact) mass is 216 g/mol. The summed E-state index contributed by atoms with van der Waals surface area (Å²) < 4.78 is 0. The number of hydrogen-bond acceptors (Lipinski definition) is 3. The van der Waals surface area contributed by atoms with E-state index < -0.39 is 0 Å². The first-order valence-electron chi connectivity index (χ1n) is 5.43. The zero-order valence-corrected chi connectivity index (χ0v) is 9.66. The van der Waals surface area contributed by atoms with Crippen LogP contribution in [-0.4, -0.2) is 36.5 Å². The summed E-state index contributed by atoms with van der Waals surface area (Å²) in [7, 11) is 0. The minimum atomic E-state index is 0.0272. The van der Waals surface area contributed by atoms with Crippen LogP contribution in [0.1, 0.15) is 26.2 Å². The van der Waals surface area contributed by atoms with Crippen LogP contribution in [0.3, 0.4) is 0 Å². The SMILES string of the molecule is CCCCCNC1CSCCNC1=O. The minimum absolute atomic E-state index is 0.0272. The van der Waals surface area contributed by atoms with Crippen LogP contribution < -0.4 is 10.6 Å². The fourth-order valence-corrected chi connectivity index (χ4v) is 2.37. The van der Waals surface area contributed by atoms with Crippen molar-refractivity contribution in [1.29, 1.82) is 0 Å². The maximum absolute atomic E-state index is 11.5. The van der Waals surface area contributed by atoms with Gasteiger partial charge in [0.15, 0.2) is 0 Å². The third-order valence-corrected chi connectivity index (χ3v) is 3.38. The van der Waals surface area contributed by atoms with Crippen LogP contribution in [0.4, 0.5) is 0 Å². The minimum Gasteiger partial charge on any atom is -0.354 e. The molecule has 0 aliphatic carbocycles. The molecule has 14 heavy (non-hydrogen) atoms. The van der Waals surface area contributed by atoms with Gasteiger partial charge in [0.2, 0.25) is 5.91 Å². The van der Waals surface area contributed by atoms with Gasteiger partial charge in [0.25, 0.3) is 0 Å². The normalized spacial score (nSPS) is 22.9. The number of unbranched alkanes of at least 4 members (excludes halogenated alkanes) is 2. The van der Waals surface area contributed by atoms with Gasteiger partial charge in [-0.3, -0.25) is 4.79 Å². The molecule has 0 aromatic carbocycles. The molecule has 0 aromatic rings. The lowest BCUT2D eigenvalue weighted by Crippen LogP contribution is -2.44. The van der Waals surface area contributed by atoms with Crippen molar-refractivity contribution < 1.29 is 4.79 Å². The van der Waals surface area contributed by atoms with Crippen molar-refractivity contribution in [3.63, 3.8) is 0 Å². The summed E-state index contributed by atoms with van der Waals surface area (Å²) in [5.41, 5.74) is 0. The van der Waals surface area contributed by atoms with E-state index in [1.165, 1.54) is 19.3 Å². The standard InChI is InChI=1S/C10H20N2OS/c1-2-3-4-5-11-9-8-14-7-6-12-10(9)13/h9,11H,2-8H2,1H3,(H,12,13). The van der Waals surface area contributed by atoms with Crippen LogP contribution in [0.5, 0.6) is 0 Å². The maximum atomic E-state index is 11.5. The number of carbonyl (C=O) groups excluding carboxylic acids is 1. The van der Waals surface area contributed by atoms with E-state index in [9.17, 15) is 4.79 Å². The van der Waals surface area contributed by atoms with Gasteiger partial charge in [-0.15, -0.1) is 0 Å². The van der Waals surface area contributed by atoms with E-state index in [1.807, 2.05) is 11.8 Å². The molecule has 4 heteroatoms. The van der Waals surface area contributed by atoms with E-state index in [-0.39, 0.29) is 11.9 Å².